The summed E-state index contributed by atoms with van der Waals surface area (Å²) in [5.74, 6) is -1.27. The van der Waals surface area contributed by atoms with Gasteiger partial charge < -0.3 is 10.6 Å². The maximum absolute atomic E-state index is 11.8. The first-order valence-electron chi connectivity index (χ1n) is 6.25. The summed E-state index contributed by atoms with van der Waals surface area (Å²) in [4.78, 5) is 24.5. The molecule has 1 heterocycles. The molecule has 2 rings (SSSR count). The van der Waals surface area contributed by atoms with Crippen molar-refractivity contribution in [2.45, 2.75) is 20.4 Å². The van der Waals surface area contributed by atoms with E-state index in [-0.39, 0.29) is 0 Å². The molecule has 0 atom stereocenters. The maximum atomic E-state index is 11.8. The predicted octanol–water partition coefficient (Wildman–Crippen LogP) is 2.62. The van der Waals surface area contributed by atoms with Gasteiger partial charge in [0.2, 0.25) is 0 Å². The molecule has 0 spiro atoms. The van der Waals surface area contributed by atoms with E-state index in [1.165, 1.54) is 11.3 Å². The Bertz CT molecular complexity index is 621. The fraction of sp³-hybridized carbons (Fsp3) is 0.200. The van der Waals surface area contributed by atoms with Crippen molar-refractivity contribution in [2.24, 2.45) is 0 Å². The SMILES string of the molecule is Cc1ccc(NC(=O)C(=O)NCc2cccs2)c(C)c1. The molecule has 20 heavy (non-hydrogen) atoms. The van der Waals surface area contributed by atoms with E-state index in [1.54, 1.807) is 6.07 Å². The van der Waals surface area contributed by atoms with Crippen LogP contribution in [0.2, 0.25) is 0 Å². The molecule has 0 unspecified atom stereocenters. The quantitative estimate of drug-likeness (QED) is 0.853. The third-order valence-electron chi connectivity index (χ3n) is 2.84. The summed E-state index contributed by atoms with van der Waals surface area (Å²) in [5, 5.41) is 7.14. The minimum absolute atomic E-state index is 0.372. The number of rotatable bonds is 3. The Morgan fingerprint density at radius 1 is 1.15 bits per heavy atom. The van der Waals surface area contributed by atoms with E-state index in [0.29, 0.717) is 12.2 Å². The first kappa shape index (κ1) is 14.3. The van der Waals surface area contributed by atoms with E-state index in [4.69, 9.17) is 0 Å². The molecule has 0 saturated heterocycles. The summed E-state index contributed by atoms with van der Waals surface area (Å²) in [6.07, 6.45) is 0. The van der Waals surface area contributed by atoms with E-state index in [0.717, 1.165) is 16.0 Å². The minimum Gasteiger partial charge on any atom is -0.343 e. The lowest BCUT2D eigenvalue weighted by Gasteiger charge is -2.09. The molecule has 2 amide bonds. The van der Waals surface area contributed by atoms with Crippen molar-refractivity contribution < 1.29 is 9.59 Å². The van der Waals surface area contributed by atoms with Crippen LogP contribution < -0.4 is 10.6 Å². The Morgan fingerprint density at radius 3 is 2.60 bits per heavy atom. The smallest absolute Gasteiger partial charge is 0.313 e. The molecule has 1 aromatic heterocycles. The van der Waals surface area contributed by atoms with Gasteiger partial charge in [-0.3, -0.25) is 9.59 Å². The van der Waals surface area contributed by atoms with Crippen LogP contribution in [-0.4, -0.2) is 11.8 Å². The van der Waals surface area contributed by atoms with Crippen LogP contribution >= 0.6 is 11.3 Å². The molecule has 0 fully saturated rings. The molecule has 2 aromatic rings. The van der Waals surface area contributed by atoms with Crippen molar-refractivity contribution in [3.05, 3.63) is 51.7 Å². The summed E-state index contributed by atoms with van der Waals surface area (Å²) >= 11 is 1.54. The van der Waals surface area contributed by atoms with E-state index in [1.807, 2.05) is 43.5 Å². The predicted molar refractivity (Wildman–Crippen MR) is 80.7 cm³/mol. The third-order valence-corrected chi connectivity index (χ3v) is 3.72. The molecular formula is C15H16N2O2S. The van der Waals surface area contributed by atoms with Crippen molar-refractivity contribution in [3.63, 3.8) is 0 Å². The average Bonchev–Trinajstić information content (AvgIpc) is 2.92. The van der Waals surface area contributed by atoms with E-state index >= 15 is 0 Å². The highest BCUT2D eigenvalue weighted by molar-refractivity contribution is 7.09. The maximum Gasteiger partial charge on any atom is 0.313 e. The summed E-state index contributed by atoms with van der Waals surface area (Å²) in [6, 6.07) is 9.47. The molecule has 0 aliphatic rings. The number of anilines is 1. The van der Waals surface area contributed by atoms with Crippen LogP contribution in [0, 0.1) is 13.8 Å². The zero-order chi connectivity index (χ0) is 14.5. The molecule has 104 valence electrons. The Labute approximate surface area is 121 Å². The normalized spacial score (nSPS) is 10.1. The average molecular weight is 288 g/mol. The molecule has 1 aromatic carbocycles. The van der Waals surface area contributed by atoms with E-state index in [9.17, 15) is 9.59 Å². The Balaban J connectivity index is 1.92. The van der Waals surface area contributed by atoms with Crippen LogP contribution in [0.4, 0.5) is 5.69 Å². The van der Waals surface area contributed by atoms with Crippen molar-refractivity contribution >= 4 is 28.8 Å². The van der Waals surface area contributed by atoms with Gasteiger partial charge >= 0.3 is 11.8 Å². The number of amides is 2. The van der Waals surface area contributed by atoms with Crippen LogP contribution in [0.15, 0.2) is 35.7 Å². The van der Waals surface area contributed by atoms with Gasteiger partial charge in [-0.2, -0.15) is 0 Å². The number of aryl methyl sites for hydroxylation is 2. The molecular weight excluding hydrogens is 272 g/mol. The second-order valence-electron chi connectivity index (χ2n) is 4.53. The lowest BCUT2D eigenvalue weighted by molar-refractivity contribution is -0.136. The molecule has 0 saturated carbocycles. The Hall–Kier alpha value is -2.14. The third kappa shape index (κ3) is 3.68. The van der Waals surface area contributed by atoms with E-state index < -0.39 is 11.8 Å². The standard InChI is InChI=1S/C15H16N2O2S/c1-10-5-6-13(11(2)8-10)17-15(19)14(18)16-9-12-4-3-7-20-12/h3-8H,9H2,1-2H3,(H,16,18)(H,17,19). The lowest BCUT2D eigenvalue weighted by Crippen LogP contribution is -2.34. The first-order valence-corrected chi connectivity index (χ1v) is 7.13. The summed E-state index contributed by atoms with van der Waals surface area (Å²) in [6.45, 7) is 4.25. The van der Waals surface area contributed by atoms with Gasteiger partial charge in [-0.1, -0.05) is 23.8 Å². The van der Waals surface area contributed by atoms with Gasteiger partial charge in [0.05, 0.1) is 6.54 Å². The van der Waals surface area contributed by atoms with Crippen molar-refractivity contribution in [1.29, 1.82) is 0 Å². The number of benzene rings is 1. The van der Waals surface area contributed by atoms with Crippen molar-refractivity contribution in [1.82, 2.24) is 5.32 Å². The number of carbonyl (C=O) groups is 2. The molecule has 2 N–H and O–H groups in total. The van der Waals surface area contributed by atoms with Gasteiger partial charge in [0.25, 0.3) is 0 Å². The van der Waals surface area contributed by atoms with Gasteiger partial charge in [0, 0.05) is 10.6 Å². The van der Waals surface area contributed by atoms with Crippen molar-refractivity contribution in [2.75, 3.05) is 5.32 Å². The van der Waals surface area contributed by atoms with Gasteiger partial charge in [0.15, 0.2) is 0 Å². The second kappa shape index (κ2) is 6.34. The second-order valence-corrected chi connectivity index (χ2v) is 5.57. The van der Waals surface area contributed by atoms with E-state index in [2.05, 4.69) is 10.6 Å². The number of carbonyl (C=O) groups excluding carboxylic acids is 2. The molecule has 0 aliphatic carbocycles. The van der Waals surface area contributed by atoms with Crippen LogP contribution in [0.25, 0.3) is 0 Å². The van der Waals surface area contributed by atoms with Crippen molar-refractivity contribution in [3.8, 4) is 0 Å². The lowest BCUT2D eigenvalue weighted by atomic mass is 10.1. The molecule has 4 nitrogen and oxygen atoms in total. The number of hydrogen-bond donors (Lipinski definition) is 2. The highest BCUT2D eigenvalue weighted by Crippen LogP contribution is 2.15. The van der Waals surface area contributed by atoms with Gasteiger partial charge in [-0.05, 0) is 36.9 Å². The highest BCUT2D eigenvalue weighted by Gasteiger charge is 2.14. The van der Waals surface area contributed by atoms with Crippen LogP contribution in [0.5, 0.6) is 0 Å². The first-order chi connectivity index (χ1) is 9.56. The highest BCUT2D eigenvalue weighted by atomic mass is 32.1. The number of hydrogen-bond acceptors (Lipinski definition) is 3. The topological polar surface area (TPSA) is 58.2 Å². The molecule has 0 aliphatic heterocycles. The molecule has 5 heteroatoms. The summed E-state index contributed by atoms with van der Waals surface area (Å²) in [7, 11) is 0. The van der Waals surface area contributed by atoms with Crippen LogP contribution in [-0.2, 0) is 16.1 Å². The summed E-state index contributed by atoms with van der Waals surface area (Å²) in [5.41, 5.74) is 2.71. The van der Waals surface area contributed by atoms with Gasteiger partial charge in [0.1, 0.15) is 0 Å². The zero-order valence-electron chi connectivity index (χ0n) is 11.4. The molecule has 0 bridgehead atoms. The minimum atomic E-state index is -0.645. The molecule has 0 radical (unpaired) electrons. The number of thiophene rings is 1. The van der Waals surface area contributed by atoms with Crippen LogP contribution in [0.1, 0.15) is 16.0 Å². The van der Waals surface area contributed by atoms with Gasteiger partial charge in [-0.25, -0.2) is 0 Å². The Kier molecular flexibility index (Phi) is 4.53. The van der Waals surface area contributed by atoms with Crippen LogP contribution in [0.3, 0.4) is 0 Å². The van der Waals surface area contributed by atoms with Gasteiger partial charge in [-0.15, -0.1) is 11.3 Å². The fourth-order valence-electron chi connectivity index (χ4n) is 1.79. The monoisotopic (exact) mass is 288 g/mol. The largest absolute Gasteiger partial charge is 0.343 e. The summed E-state index contributed by atoms with van der Waals surface area (Å²) < 4.78 is 0. The Morgan fingerprint density at radius 2 is 1.95 bits per heavy atom. The number of nitrogens with one attached hydrogen (secondary N) is 2. The fourth-order valence-corrected chi connectivity index (χ4v) is 2.44. The zero-order valence-corrected chi connectivity index (χ0v) is 12.2.